The summed E-state index contributed by atoms with van der Waals surface area (Å²) in [5, 5.41) is 7.81. The van der Waals surface area contributed by atoms with Crippen molar-refractivity contribution in [2.24, 2.45) is 5.41 Å². The van der Waals surface area contributed by atoms with Crippen LogP contribution in [0.15, 0.2) is 38.0 Å². The molecule has 0 aliphatic rings. The van der Waals surface area contributed by atoms with E-state index in [0.717, 1.165) is 6.42 Å². The molecule has 0 unspecified atom stereocenters. The fourth-order valence-electron chi connectivity index (χ4n) is 2.32. The number of amides is 3. The third kappa shape index (κ3) is 15.3. The number of hydrogen-bond donors (Lipinski definition) is 3. The van der Waals surface area contributed by atoms with Gasteiger partial charge in [0.25, 0.3) is 0 Å². The number of rotatable bonds is 21. The van der Waals surface area contributed by atoms with E-state index in [1.54, 1.807) is 0 Å². The van der Waals surface area contributed by atoms with E-state index in [1.807, 2.05) is 6.92 Å². The van der Waals surface area contributed by atoms with E-state index in [2.05, 4.69) is 35.7 Å². The second kappa shape index (κ2) is 19.2. The summed E-state index contributed by atoms with van der Waals surface area (Å²) in [6.45, 7) is 15.4. The number of carbonyl (C=O) groups excluding carboxylic acids is 3. The van der Waals surface area contributed by atoms with Crippen molar-refractivity contribution in [2.45, 2.75) is 13.3 Å². The van der Waals surface area contributed by atoms with Gasteiger partial charge in [-0.05, 0) is 24.6 Å². The molecule has 0 rings (SSSR count). The molecule has 32 heavy (non-hydrogen) atoms. The van der Waals surface area contributed by atoms with Crippen LogP contribution in [0.25, 0.3) is 0 Å². The maximum Gasteiger partial charge on any atom is 0.245 e. The number of hydrogen-bond acceptors (Lipinski definition) is 7. The zero-order valence-corrected chi connectivity index (χ0v) is 19.0. The van der Waals surface area contributed by atoms with E-state index in [-0.39, 0.29) is 24.5 Å². The second-order valence-electron chi connectivity index (χ2n) is 6.80. The van der Waals surface area contributed by atoms with Crippen LogP contribution in [0.3, 0.4) is 0 Å². The van der Waals surface area contributed by atoms with E-state index in [0.29, 0.717) is 59.3 Å². The van der Waals surface area contributed by atoms with Crippen molar-refractivity contribution in [3.05, 3.63) is 38.0 Å². The molecule has 10 nitrogen and oxygen atoms in total. The molecule has 0 aromatic heterocycles. The molecule has 0 aliphatic heterocycles. The van der Waals surface area contributed by atoms with Crippen molar-refractivity contribution in [3.8, 4) is 0 Å². The zero-order valence-electron chi connectivity index (χ0n) is 19.0. The van der Waals surface area contributed by atoms with Crippen LogP contribution in [0.2, 0.25) is 0 Å². The maximum atomic E-state index is 11.2. The minimum absolute atomic E-state index is 0.0756. The van der Waals surface area contributed by atoms with Gasteiger partial charge in [-0.2, -0.15) is 0 Å². The van der Waals surface area contributed by atoms with Crippen molar-refractivity contribution in [1.82, 2.24) is 16.0 Å². The molecule has 0 aromatic rings. The summed E-state index contributed by atoms with van der Waals surface area (Å²) in [7, 11) is 0. The molecule has 0 aromatic carbocycles. The molecule has 182 valence electrons. The fourth-order valence-corrected chi connectivity index (χ4v) is 2.32. The Hall–Kier alpha value is -2.53. The molecule has 0 spiro atoms. The minimum atomic E-state index is -0.415. The highest BCUT2D eigenvalue weighted by atomic mass is 16.5. The molecule has 0 saturated heterocycles. The summed E-state index contributed by atoms with van der Waals surface area (Å²) in [5.41, 5.74) is -0.415. The summed E-state index contributed by atoms with van der Waals surface area (Å²) < 4.78 is 22.6. The van der Waals surface area contributed by atoms with Crippen LogP contribution < -0.4 is 16.0 Å². The molecule has 3 N–H and O–H groups in total. The second-order valence-corrected chi connectivity index (χ2v) is 6.80. The third-order valence-electron chi connectivity index (χ3n) is 4.34. The van der Waals surface area contributed by atoms with Gasteiger partial charge >= 0.3 is 0 Å². The SMILES string of the molecule is C=CC(=O)NCCOCC(CC)(COCCNC(=O)C=C)COCCOCNC(=O)C=C. The van der Waals surface area contributed by atoms with Crippen LogP contribution in [0.5, 0.6) is 0 Å². The molecular formula is C22H37N3O7. The van der Waals surface area contributed by atoms with Crippen molar-refractivity contribution in [3.63, 3.8) is 0 Å². The third-order valence-corrected chi connectivity index (χ3v) is 4.34. The summed E-state index contributed by atoms with van der Waals surface area (Å²) >= 11 is 0. The lowest BCUT2D eigenvalue weighted by molar-refractivity contribution is -0.118. The standard InChI is InChI=1S/C22H37N3O7/c1-5-19(26)23-9-11-29-15-22(8-4,16-30-12-10-24-20(27)6-2)17-31-13-14-32-18-25-21(28)7-3/h5-7H,1-3,8-18H2,4H3,(H,23,26)(H,24,27)(H,25,28). The average molecular weight is 456 g/mol. The van der Waals surface area contributed by atoms with Gasteiger partial charge in [-0.1, -0.05) is 26.7 Å². The molecule has 3 amide bonds. The van der Waals surface area contributed by atoms with Gasteiger partial charge in [0.15, 0.2) is 0 Å². The molecule has 0 atom stereocenters. The minimum Gasteiger partial charge on any atom is -0.379 e. The first-order valence-electron chi connectivity index (χ1n) is 10.4. The normalized spacial score (nSPS) is 10.8. The average Bonchev–Trinajstić information content (AvgIpc) is 2.81. The maximum absolute atomic E-state index is 11.2. The summed E-state index contributed by atoms with van der Waals surface area (Å²) in [4.78, 5) is 33.5. The van der Waals surface area contributed by atoms with E-state index in [9.17, 15) is 14.4 Å². The Morgan fingerprint density at radius 1 is 0.688 bits per heavy atom. The molecule has 0 heterocycles. The van der Waals surface area contributed by atoms with Gasteiger partial charge in [0.2, 0.25) is 17.7 Å². The van der Waals surface area contributed by atoms with Crippen LogP contribution in [0.4, 0.5) is 0 Å². The predicted molar refractivity (Wildman–Crippen MR) is 121 cm³/mol. The molecule has 0 saturated carbocycles. The van der Waals surface area contributed by atoms with Crippen LogP contribution >= 0.6 is 0 Å². The zero-order chi connectivity index (χ0) is 24.1. The fraction of sp³-hybridized carbons (Fsp3) is 0.591. The van der Waals surface area contributed by atoms with Crippen molar-refractivity contribution >= 4 is 17.7 Å². The van der Waals surface area contributed by atoms with Gasteiger partial charge in [-0.25, -0.2) is 0 Å². The molecule has 0 bridgehead atoms. The van der Waals surface area contributed by atoms with Crippen LogP contribution in [-0.4, -0.2) is 83.8 Å². The lowest BCUT2D eigenvalue weighted by Gasteiger charge is -2.32. The Bertz CT molecular complexity index is 566. The van der Waals surface area contributed by atoms with E-state index in [4.69, 9.17) is 18.9 Å². The topological polar surface area (TPSA) is 124 Å². The Morgan fingerprint density at radius 2 is 1.09 bits per heavy atom. The van der Waals surface area contributed by atoms with E-state index >= 15 is 0 Å². The predicted octanol–water partition coefficient (Wildman–Crippen LogP) is 0.313. The summed E-state index contributed by atoms with van der Waals surface area (Å²) in [6.07, 6.45) is 4.30. The van der Waals surface area contributed by atoms with Crippen LogP contribution in [0, 0.1) is 5.41 Å². The Morgan fingerprint density at radius 3 is 1.53 bits per heavy atom. The van der Waals surface area contributed by atoms with Gasteiger partial charge in [-0.3, -0.25) is 14.4 Å². The monoisotopic (exact) mass is 455 g/mol. The van der Waals surface area contributed by atoms with Crippen molar-refractivity contribution < 1.29 is 33.3 Å². The first-order chi connectivity index (χ1) is 15.4. The molecular weight excluding hydrogens is 418 g/mol. The lowest BCUT2D eigenvalue weighted by atomic mass is 9.88. The van der Waals surface area contributed by atoms with Gasteiger partial charge in [-0.15, -0.1) is 0 Å². The smallest absolute Gasteiger partial charge is 0.245 e. The highest BCUT2D eigenvalue weighted by Crippen LogP contribution is 2.24. The van der Waals surface area contributed by atoms with Crippen molar-refractivity contribution in [1.29, 1.82) is 0 Å². The Kier molecular flexibility index (Phi) is 17.7. The number of carbonyl (C=O) groups is 3. The van der Waals surface area contributed by atoms with Crippen LogP contribution in [0.1, 0.15) is 13.3 Å². The lowest BCUT2D eigenvalue weighted by Crippen LogP contribution is -2.39. The first-order valence-corrected chi connectivity index (χ1v) is 10.4. The number of ether oxygens (including phenoxy) is 4. The van der Waals surface area contributed by atoms with Gasteiger partial charge in [0, 0.05) is 18.5 Å². The molecule has 10 heteroatoms. The quantitative estimate of drug-likeness (QED) is 0.129. The largest absolute Gasteiger partial charge is 0.379 e. The molecule has 0 fully saturated rings. The summed E-state index contributed by atoms with van der Waals surface area (Å²) in [5.74, 6) is -0.820. The Labute approximate surface area is 190 Å². The summed E-state index contributed by atoms with van der Waals surface area (Å²) in [6, 6.07) is 0. The highest BCUT2D eigenvalue weighted by Gasteiger charge is 2.29. The number of nitrogens with one attached hydrogen (secondary N) is 3. The van der Waals surface area contributed by atoms with E-state index in [1.165, 1.54) is 18.2 Å². The van der Waals surface area contributed by atoms with Gasteiger partial charge < -0.3 is 34.9 Å². The van der Waals surface area contributed by atoms with Crippen LogP contribution in [-0.2, 0) is 33.3 Å². The molecule has 0 radical (unpaired) electrons. The molecule has 0 aliphatic carbocycles. The van der Waals surface area contributed by atoms with Gasteiger partial charge in [0.1, 0.15) is 6.73 Å². The first kappa shape index (κ1) is 29.5. The van der Waals surface area contributed by atoms with E-state index < -0.39 is 5.41 Å². The Balaban J connectivity index is 4.45. The van der Waals surface area contributed by atoms with Crippen molar-refractivity contribution in [2.75, 3.05) is 66.1 Å². The van der Waals surface area contributed by atoms with Gasteiger partial charge in [0.05, 0.1) is 46.2 Å². The highest BCUT2D eigenvalue weighted by molar-refractivity contribution is 5.87.